The van der Waals surface area contributed by atoms with Crippen LogP contribution in [0.4, 0.5) is 5.82 Å². The predicted octanol–water partition coefficient (Wildman–Crippen LogP) is 3.24. The fourth-order valence-electron chi connectivity index (χ4n) is 1.43. The Morgan fingerprint density at radius 1 is 1.29 bits per heavy atom. The van der Waals surface area contributed by atoms with Crippen LogP contribution in [0.1, 0.15) is 20.8 Å². The zero-order chi connectivity index (χ0) is 12.5. The van der Waals surface area contributed by atoms with E-state index in [2.05, 4.69) is 52.1 Å². The molecule has 0 saturated heterocycles. The fourth-order valence-corrected chi connectivity index (χ4v) is 1.72. The van der Waals surface area contributed by atoms with Crippen molar-refractivity contribution in [3.05, 3.63) is 35.1 Å². The molecule has 5 heteroatoms. The van der Waals surface area contributed by atoms with E-state index in [0.717, 1.165) is 16.1 Å². The topological polar surface area (TPSA) is 42.7 Å². The molecule has 1 N–H and O–H groups in total. The second-order valence-electron chi connectivity index (χ2n) is 4.86. The van der Waals surface area contributed by atoms with Gasteiger partial charge in [-0.05, 0) is 48.8 Å². The molecule has 0 saturated carbocycles. The van der Waals surface area contributed by atoms with Crippen LogP contribution in [0.5, 0.6) is 0 Å². The molecule has 0 spiro atoms. The van der Waals surface area contributed by atoms with Gasteiger partial charge in [-0.25, -0.2) is 9.67 Å². The summed E-state index contributed by atoms with van der Waals surface area (Å²) in [4.78, 5) is 4.51. The quantitative estimate of drug-likeness (QED) is 0.925. The Morgan fingerprint density at radius 2 is 2.06 bits per heavy atom. The van der Waals surface area contributed by atoms with Crippen LogP contribution in [-0.2, 0) is 0 Å². The molecule has 0 bridgehead atoms. The van der Waals surface area contributed by atoms with E-state index in [-0.39, 0.29) is 5.54 Å². The third-order valence-corrected chi connectivity index (χ3v) is 2.43. The van der Waals surface area contributed by atoms with Crippen molar-refractivity contribution in [1.82, 2.24) is 14.8 Å². The van der Waals surface area contributed by atoms with Crippen LogP contribution in [0.3, 0.4) is 0 Å². The standard InChI is InChI=1S/C12H15BrN4/c1-12(2,3)16-10-5-4-6-11(15-10)17-8-9(13)7-14-17/h4-8H,1-3H3,(H,15,16). The maximum Gasteiger partial charge on any atom is 0.155 e. The molecule has 90 valence electrons. The summed E-state index contributed by atoms with van der Waals surface area (Å²) >= 11 is 3.37. The molecule has 0 aromatic carbocycles. The minimum Gasteiger partial charge on any atom is -0.365 e. The molecule has 0 radical (unpaired) electrons. The average molecular weight is 295 g/mol. The molecule has 2 aromatic heterocycles. The Labute approximate surface area is 109 Å². The summed E-state index contributed by atoms with van der Waals surface area (Å²) < 4.78 is 2.67. The summed E-state index contributed by atoms with van der Waals surface area (Å²) in [6.07, 6.45) is 3.62. The highest BCUT2D eigenvalue weighted by Gasteiger charge is 2.10. The van der Waals surface area contributed by atoms with Gasteiger partial charge in [0.15, 0.2) is 5.82 Å². The molecule has 2 rings (SSSR count). The van der Waals surface area contributed by atoms with Crippen LogP contribution in [-0.4, -0.2) is 20.3 Å². The van der Waals surface area contributed by atoms with E-state index in [1.165, 1.54) is 0 Å². The third-order valence-electron chi connectivity index (χ3n) is 2.02. The van der Waals surface area contributed by atoms with Crippen molar-refractivity contribution in [2.45, 2.75) is 26.3 Å². The summed E-state index contributed by atoms with van der Waals surface area (Å²) in [5.74, 6) is 1.64. The first-order valence-corrected chi connectivity index (χ1v) is 6.19. The molecule has 0 aliphatic rings. The number of pyridine rings is 1. The van der Waals surface area contributed by atoms with Crippen LogP contribution >= 0.6 is 15.9 Å². The van der Waals surface area contributed by atoms with E-state index in [0.29, 0.717) is 0 Å². The minimum absolute atomic E-state index is 0.00365. The molecule has 0 aliphatic heterocycles. The van der Waals surface area contributed by atoms with Gasteiger partial charge in [0.05, 0.1) is 10.7 Å². The van der Waals surface area contributed by atoms with Gasteiger partial charge in [-0.2, -0.15) is 5.10 Å². The van der Waals surface area contributed by atoms with Crippen LogP contribution in [0, 0.1) is 0 Å². The van der Waals surface area contributed by atoms with Crippen molar-refractivity contribution in [3.63, 3.8) is 0 Å². The molecule has 0 amide bonds. The molecule has 4 nitrogen and oxygen atoms in total. The lowest BCUT2D eigenvalue weighted by Crippen LogP contribution is -2.26. The first-order chi connectivity index (χ1) is 7.94. The van der Waals surface area contributed by atoms with Crippen molar-refractivity contribution in [2.75, 3.05) is 5.32 Å². The molecule has 2 aromatic rings. The van der Waals surface area contributed by atoms with Gasteiger partial charge >= 0.3 is 0 Å². The number of rotatable bonds is 2. The molecular formula is C12H15BrN4. The summed E-state index contributed by atoms with van der Waals surface area (Å²) in [5.41, 5.74) is -0.00365. The zero-order valence-electron chi connectivity index (χ0n) is 10.1. The Hall–Kier alpha value is -1.36. The first kappa shape index (κ1) is 12.1. The lowest BCUT2D eigenvalue weighted by atomic mass is 10.1. The summed E-state index contributed by atoms with van der Waals surface area (Å²) in [6.45, 7) is 6.31. The minimum atomic E-state index is -0.00365. The van der Waals surface area contributed by atoms with Gasteiger partial charge in [-0.3, -0.25) is 0 Å². The average Bonchev–Trinajstić information content (AvgIpc) is 2.63. The van der Waals surface area contributed by atoms with Crippen molar-refractivity contribution in [1.29, 1.82) is 0 Å². The van der Waals surface area contributed by atoms with Crippen LogP contribution < -0.4 is 5.32 Å². The van der Waals surface area contributed by atoms with Crippen LogP contribution in [0.25, 0.3) is 5.82 Å². The lowest BCUT2D eigenvalue weighted by Gasteiger charge is -2.21. The smallest absolute Gasteiger partial charge is 0.155 e. The van der Waals surface area contributed by atoms with Gasteiger partial charge in [0.1, 0.15) is 5.82 Å². The second kappa shape index (κ2) is 4.49. The van der Waals surface area contributed by atoms with E-state index in [1.807, 2.05) is 24.4 Å². The number of aromatic nitrogens is 3. The van der Waals surface area contributed by atoms with Crippen molar-refractivity contribution in [3.8, 4) is 5.82 Å². The predicted molar refractivity (Wildman–Crippen MR) is 72.4 cm³/mol. The van der Waals surface area contributed by atoms with Gasteiger partial charge in [0, 0.05) is 11.7 Å². The highest BCUT2D eigenvalue weighted by atomic mass is 79.9. The third kappa shape index (κ3) is 3.30. The fraction of sp³-hybridized carbons (Fsp3) is 0.333. The van der Waals surface area contributed by atoms with E-state index >= 15 is 0 Å². The molecule has 2 heterocycles. The van der Waals surface area contributed by atoms with Crippen LogP contribution in [0.2, 0.25) is 0 Å². The first-order valence-electron chi connectivity index (χ1n) is 5.40. The maximum absolute atomic E-state index is 4.51. The summed E-state index contributed by atoms with van der Waals surface area (Å²) in [6, 6.07) is 5.84. The van der Waals surface area contributed by atoms with Crippen molar-refractivity contribution >= 4 is 21.7 Å². The Kier molecular flexibility index (Phi) is 3.19. The van der Waals surface area contributed by atoms with Crippen molar-refractivity contribution < 1.29 is 0 Å². The highest BCUT2D eigenvalue weighted by molar-refractivity contribution is 9.10. The molecule has 0 unspecified atom stereocenters. The SMILES string of the molecule is CC(C)(C)Nc1cccc(-n2cc(Br)cn2)n1. The Morgan fingerprint density at radius 3 is 2.65 bits per heavy atom. The van der Waals surface area contributed by atoms with E-state index in [4.69, 9.17) is 0 Å². The van der Waals surface area contributed by atoms with E-state index in [1.54, 1.807) is 10.9 Å². The molecular weight excluding hydrogens is 280 g/mol. The maximum atomic E-state index is 4.51. The molecule has 0 aliphatic carbocycles. The van der Waals surface area contributed by atoms with Gasteiger partial charge in [0.2, 0.25) is 0 Å². The monoisotopic (exact) mass is 294 g/mol. The van der Waals surface area contributed by atoms with E-state index < -0.39 is 0 Å². The molecule has 17 heavy (non-hydrogen) atoms. The second-order valence-corrected chi connectivity index (χ2v) is 5.77. The number of nitrogens with one attached hydrogen (secondary N) is 1. The number of hydrogen-bond donors (Lipinski definition) is 1. The number of nitrogens with zero attached hydrogens (tertiary/aromatic N) is 3. The molecule has 0 atom stereocenters. The van der Waals surface area contributed by atoms with Crippen molar-refractivity contribution in [2.24, 2.45) is 0 Å². The number of halogens is 1. The number of anilines is 1. The summed E-state index contributed by atoms with van der Waals surface area (Å²) in [5, 5.41) is 7.54. The molecule has 0 fully saturated rings. The van der Waals surface area contributed by atoms with Gasteiger partial charge in [0.25, 0.3) is 0 Å². The largest absolute Gasteiger partial charge is 0.365 e. The van der Waals surface area contributed by atoms with Gasteiger partial charge in [-0.15, -0.1) is 0 Å². The van der Waals surface area contributed by atoms with Gasteiger partial charge in [-0.1, -0.05) is 6.07 Å². The normalized spacial score (nSPS) is 11.5. The zero-order valence-corrected chi connectivity index (χ0v) is 11.7. The Bertz CT molecular complexity index is 513. The van der Waals surface area contributed by atoms with Crippen LogP contribution in [0.15, 0.2) is 35.1 Å². The Balaban J connectivity index is 2.29. The highest BCUT2D eigenvalue weighted by Crippen LogP contribution is 2.15. The lowest BCUT2D eigenvalue weighted by molar-refractivity contribution is 0.629. The summed E-state index contributed by atoms with van der Waals surface area (Å²) in [7, 11) is 0. The van der Waals surface area contributed by atoms with Gasteiger partial charge < -0.3 is 5.32 Å². The number of hydrogen-bond acceptors (Lipinski definition) is 3. The van der Waals surface area contributed by atoms with E-state index in [9.17, 15) is 0 Å².